The minimum atomic E-state index is 0.248. The molecule has 0 aromatic rings. The van der Waals surface area contributed by atoms with Gasteiger partial charge in [-0.3, -0.25) is 4.79 Å². The molecule has 0 heterocycles. The number of hydrogen-bond acceptors (Lipinski definition) is 3. The molecule has 19 heavy (non-hydrogen) atoms. The van der Waals surface area contributed by atoms with Crippen molar-refractivity contribution in [3.8, 4) is 0 Å². The molecule has 1 rings (SSSR count). The summed E-state index contributed by atoms with van der Waals surface area (Å²) < 4.78 is 0. The van der Waals surface area contributed by atoms with Crippen LogP contribution in [0.15, 0.2) is 0 Å². The minimum Gasteiger partial charge on any atom is -0.396 e. The molecule has 112 valence electrons. The summed E-state index contributed by atoms with van der Waals surface area (Å²) in [5.74, 6) is 4.01. The molecule has 0 aromatic heterocycles. The van der Waals surface area contributed by atoms with Gasteiger partial charge >= 0.3 is 0 Å². The third-order valence-corrected chi connectivity index (χ3v) is 5.15. The van der Waals surface area contributed by atoms with Gasteiger partial charge in [0.25, 0.3) is 0 Å². The molecule has 0 unspecified atom stereocenters. The number of aliphatic hydroxyl groups excluding tert-OH is 1. The number of carbonyl (C=O) groups is 1. The topological polar surface area (TPSA) is 49.3 Å². The van der Waals surface area contributed by atoms with Crippen molar-refractivity contribution < 1.29 is 9.90 Å². The average molecular weight is 287 g/mol. The first-order valence-electron chi connectivity index (χ1n) is 7.61. The summed E-state index contributed by atoms with van der Waals surface area (Å²) in [4.78, 5) is 12.0. The lowest BCUT2D eigenvalue weighted by Crippen LogP contribution is -2.35. The van der Waals surface area contributed by atoms with E-state index < -0.39 is 0 Å². The zero-order valence-corrected chi connectivity index (χ0v) is 13.2. The second-order valence-corrected chi connectivity index (χ2v) is 7.06. The lowest BCUT2D eigenvalue weighted by Gasteiger charge is -2.30. The highest BCUT2D eigenvalue weighted by atomic mass is 32.2. The lowest BCUT2D eigenvalue weighted by atomic mass is 9.77. The van der Waals surface area contributed by atoms with Crippen molar-refractivity contribution in [3.63, 3.8) is 0 Å². The Morgan fingerprint density at radius 2 is 1.95 bits per heavy atom. The van der Waals surface area contributed by atoms with Crippen LogP contribution >= 0.6 is 11.8 Å². The zero-order chi connectivity index (χ0) is 14.1. The Labute approximate surface area is 121 Å². The first-order valence-corrected chi connectivity index (χ1v) is 8.77. The molecular formula is C15H29NO2S. The summed E-state index contributed by atoms with van der Waals surface area (Å²) in [5.41, 5.74) is 0. The third-order valence-electron chi connectivity index (χ3n) is 4.08. The van der Waals surface area contributed by atoms with Gasteiger partial charge in [-0.15, -0.1) is 0 Å². The SMILES string of the molecule is CC(C)C1CCC(C(=O)NCCSCCCO)CC1. The van der Waals surface area contributed by atoms with E-state index in [-0.39, 0.29) is 18.4 Å². The van der Waals surface area contributed by atoms with Crippen molar-refractivity contribution in [1.82, 2.24) is 5.32 Å². The molecule has 1 aliphatic carbocycles. The highest BCUT2D eigenvalue weighted by Gasteiger charge is 2.27. The van der Waals surface area contributed by atoms with Crippen molar-refractivity contribution in [3.05, 3.63) is 0 Å². The van der Waals surface area contributed by atoms with Crippen LogP contribution in [0.4, 0.5) is 0 Å². The van der Waals surface area contributed by atoms with Gasteiger partial charge in [-0.05, 0) is 49.7 Å². The molecule has 2 N–H and O–H groups in total. The van der Waals surface area contributed by atoms with Crippen molar-refractivity contribution in [2.75, 3.05) is 24.7 Å². The Morgan fingerprint density at radius 3 is 2.53 bits per heavy atom. The number of carbonyl (C=O) groups excluding carboxylic acids is 1. The third kappa shape index (κ3) is 6.66. The van der Waals surface area contributed by atoms with Gasteiger partial charge in [0.1, 0.15) is 0 Å². The van der Waals surface area contributed by atoms with Gasteiger partial charge in [-0.2, -0.15) is 11.8 Å². The smallest absolute Gasteiger partial charge is 0.223 e. The van der Waals surface area contributed by atoms with Crippen molar-refractivity contribution in [1.29, 1.82) is 0 Å². The second-order valence-electron chi connectivity index (χ2n) is 5.84. The number of nitrogens with one attached hydrogen (secondary N) is 1. The van der Waals surface area contributed by atoms with E-state index in [0.717, 1.165) is 49.1 Å². The summed E-state index contributed by atoms with van der Waals surface area (Å²) in [6.07, 6.45) is 5.39. The largest absolute Gasteiger partial charge is 0.396 e. The number of hydrogen-bond donors (Lipinski definition) is 2. The highest BCUT2D eigenvalue weighted by Crippen LogP contribution is 2.33. The zero-order valence-electron chi connectivity index (χ0n) is 12.4. The Balaban J connectivity index is 2.07. The Hall–Kier alpha value is -0.220. The molecule has 0 saturated heterocycles. The summed E-state index contributed by atoms with van der Waals surface area (Å²) in [6, 6.07) is 0. The quantitative estimate of drug-likeness (QED) is 0.675. The molecule has 0 radical (unpaired) electrons. The fourth-order valence-corrected chi connectivity index (χ4v) is 3.49. The Kier molecular flexibility index (Phi) is 8.55. The van der Waals surface area contributed by atoms with Crippen LogP contribution in [0.5, 0.6) is 0 Å². The predicted octanol–water partition coefficient (Wildman–Crippen LogP) is 2.68. The number of thioether (sulfide) groups is 1. The number of rotatable bonds is 8. The maximum Gasteiger partial charge on any atom is 0.223 e. The number of aliphatic hydroxyl groups is 1. The van der Waals surface area contributed by atoms with Crippen LogP contribution in [0.2, 0.25) is 0 Å². The number of amides is 1. The van der Waals surface area contributed by atoms with Gasteiger partial charge in [0.2, 0.25) is 5.91 Å². The van der Waals surface area contributed by atoms with E-state index in [2.05, 4.69) is 19.2 Å². The molecule has 1 saturated carbocycles. The standard InChI is InChI=1S/C15H29NO2S/c1-12(2)13-4-6-14(7-5-13)15(18)16-8-11-19-10-3-9-17/h12-14,17H,3-11H2,1-2H3,(H,16,18). The lowest BCUT2D eigenvalue weighted by molar-refractivity contribution is -0.126. The molecule has 1 aliphatic rings. The van der Waals surface area contributed by atoms with E-state index in [1.165, 1.54) is 12.8 Å². The Bertz CT molecular complexity index is 251. The normalized spacial score (nSPS) is 23.6. The van der Waals surface area contributed by atoms with E-state index in [1.54, 1.807) is 11.8 Å². The van der Waals surface area contributed by atoms with Crippen LogP contribution in [-0.4, -0.2) is 35.7 Å². The van der Waals surface area contributed by atoms with E-state index in [4.69, 9.17) is 5.11 Å². The molecule has 1 amide bonds. The van der Waals surface area contributed by atoms with Crippen molar-refractivity contribution >= 4 is 17.7 Å². The maximum atomic E-state index is 12.0. The van der Waals surface area contributed by atoms with E-state index >= 15 is 0 Å². The summed E-state index contributed by atoms with van der Waals surface area (Å²) in [5, 5.41) is 11.7. The molecular weight excluding hydrogens is 258 g/mol. The molecule has 0 atom stereocenters. The Morgan fingerprint density at radius 1 is 1.26 bits per heavy atom. The van der Waals surface area contributed by atoms with Crippen molar-refractivity contribution in [2.24, 2.45) is 17.8 Å². The van der Waals surface area contributed by atoms with E-state index in [9.17, 15) is 4.79 Å². The monoisotopic (exact) mass is 287 g/mol. The molecule has 0 bridgehead atoms. The first kappa shape index (κ1) is 16.8. The maximum absolute atomic E-state index is 12.0. The predicted molar refractivity (Wildman–Crippen MR) is 82.3 cm³/mol. The van der Waals surface area contributed by atoms with Crippen LogP contribution in [0.1, 0.15) is 46.0 Å². The fraction of sp³-hybridized carbons (Fsp3) is 0.933. The molecule has 0 aliphatic heterocycles. The summed E-state index contributed by atoms with van der Waals surface area (Å²) in [6.45, 7) is 5.60. The minimum absolute atomic E-state index is 0.248. The van der Waals surface area contributed by atoms with Crippen LogP contribution in [0, 0.1) is 17.8 Å². The van der Waals surface area contributed by atoms with Gasteiger partial charge < -0.3 is 10.4 Å². The second kappa shape index (κ2) is 9.65. The first-order chi connectivity index (χ1) is 9.15. The van der Waals surface area contributed by atoms with Crippen LogP contribution in [0.3, 0.4) is 0 Å². The van der Waals surface area contributed by atoms with Gasteiger partial charge in [0.05, 0.1) is 0 Å². The highest BCUT2D eigenvalue weighted by molar-refractivity contribution is 7.99. The average Bonchev–Trinajstić information content (AvgIpc) is 2.42. The molecule has 0 aromatic carbocycles. The molecule has 4 heteroatoms. The van der Waals surface area contributed by atoms with Gasteiger partial charge in [0, 0.05) is 24.8 Å². The van der Waals surface area contributed by atoms with Crippen molar-refractivity contribution in [2.45, 2.75) is 46.0 Å². The summed E-state index contributed by atoms with van der Waals surface area (Å²) >= 11 is 1.80. The summed E-state index contributed by atoms with van der Waals surface area (Å²) in [7, 11) is 0. The fourth-order valence-electron chi connectivity index (χ4n) is 2.71. The molecule has 1 fully saturated rings. The molecule has 3 nitrogen and oxygen atoms in total. The van der Waals surface area contributed by atoms with Gasteiger partial charge in [-0.25, -0.2) is 0 Å². The molecule has 0 spiro atoms. The van der Waals surface area contributed by atoms with Gasteiger partial charge in [0.15, 0.2) is 0 Å². The van der Waals surface area contributed by atoms with Crippen LogP contribution in [-0.2, 0) is 4.79 Å². The van der Waals surface area contributed by atoms with Gasteiger partial charge in [-0.1, -0.05) is 13.8 Å². The van der Waals surface area contributed by atoms with E-state index in [0.29, 0.717) is 0 Å². The van der Waals surface area contributed by atoms with E-state index in [1.807, 2.05) is 0 Å². The van der Waals surface area contributed by atoms with Crippen LogP contribution < -0.4 is 5.32 Å². The van der Waals surface area contributed by atoms with Crippen LogP contribution in [0.25, 0.3) is 0 Å².